The summed E-state index contributed by atoms with van der Waals surface area (Å²) in [6, 6.07) is 8.30. The summed E-state index contributed by atoms with van der Waals surface area (Å²) in [4.78, 5) is 0. The summed E-state index contributed by atoms with van der Waals surface area (Å²) in [6.45, 7) is 12.4. The molecule has 0 spiro atoms. The zero-order valence-electron chi connectivity index (χ0n) is 10.7. The van der Waals surface area contributed by atoms with Crippen molar-refractivity contribution in [2.24, 2.45) is 0 Å². The summed E-state index contributed by atoms with van der Waals surface area (Å²) < 4.78 is 0. The van der Waals surface area contributed by atoms with Gasteiger partial charge in [-0.25, -0.2) is 0 Å². The van der Waals surface area contributed by atoms with Crippen molar-refractivity contribution in [3.05, 3.63) is 34.9 Å². The Hall–Kier alpha value is -1.29. The van der Waals surface area contributed by atoms with Crippen molar-refractivity contribution < 1.29 is 0 Å². The van der Waals surface area contributed by atoms with Crippen LogP contribution in [0.2, 0.25) is 0 Å². The molecule has 0 saturated heterocycles. The van der Waals surface area contributed by atoms with E-state index >= 15 is 0 Å². The van der Waals surface area contributed by atoms with Gasteiger partial charge in [0.15, 0.2) is 0 Å². The molecule has 15 heavy (non-hydrogen) atoms. The second-order valence-electron chi connectivity index (χ2n) is 4.39. The van der Waals surface area contributed by atoms with Gasteiger partial charge in [-0.15, -0.1) is 0 Å². The van der Waals surface area contributed by atoms with E-state index < -0.39 is 0 Å². The van der Waals surface area contributed by atoms with Crippen LogP contribution < -0.4 is 0 Å². The lowest BCUT2D eigenvalue weighted by atomic mass is 9.85. The Morgan fingerprint density at radius 2 is 1.67 bits per heavy atom. The summed E-state index contributed by atoms with van der Waals surface area (Å²) >= 11 is 0. The molecule has 0 heterocycles. The SMILES string of the molecule is CC.Cc1ccc(C(C)(C)C)cc1C#N. The van der Waals surface area contributed by atoms with Crippen LogP contribution in [-0.4, -0.2) is 0 Å². The lowest BCUT2D eigenvalue weighted by Gasteiger charge is -2.19. The van der Waals surface area contributed by atoms with E-state index in [9.17, 15) is 0 Å². The molecule has 0 radical (unpaired) electrons. The van der Waals surface area contributed by atoms with Crippen molar-refractivity contribution >= 4 is 0 Å². The molecule has 0 aromatic heterocycles. The first-order chi connectivity index (χ1) is 6.95. The number of hydrogen-bond acceptors (Lipinski definition) is 1. The fourth-order valence-corrected chi connectivity index (χ4v) is 1.21. The van der Waals surface area contributed by atoms with Crippen LogP contribution in [0.25, 0.3) is 0 Å². The van der Waals surface area contributed by atoms with Crippen LogP contribution in [0.5, 0.6) is 0 Å². The molecule has 1 aromatic rings. The van der Waals surface area contributed by atoms with Crippen LogP contribution in [0, 0.1) is 18.3 Å². The highest BCUT2D eigenvalue weighted by Crippen LogP contribution is 2.23. The van der Waals surface area contributed by atoms with E-state index in [1.807, 2.05) is 32.9 Å². The van der Waals surface area contributed by atoms with Gasteiger partial charge in [-0.1, -0.05) is 46.8 Å². The zero-order chi connectivity index (χ0) is 12.1. The third kappa shape index (κ3) is 3.75. The second kappa shape index (κ2) is 5.56. The van der Waals surface area contributed by atoms with Gasteiger partial charge in [-0.05, 0) is 29.5 Å². The Balaban J connectivity index is 0.000000921. The Kier molecular flexibility index (Phi) is 5.08. The van der Waals surface area contributed by atoms with Gasteiger partial charge in [0, 0.05) is 0 Å². The van der Waals surface area contributed by atoms with Crippen molar-refractivity contribution in [1.29, 1.82) is 5.26 Å². The fourth-order valence-electron chi connectivity index (χ4n) is 1.21. The topological polar surface area (TPSA) is 23.8 Å². The molecule has 0 atom stereocenters. The van der Waals surface area contributed by atoms with Gasteiger partial charge in [0.1, 0.15) is 0 Å². The minimum atomic E-state index is 0.124. The Labute approximate surface area is 93.7 Å². The van der Waals surface area contributed by atoms with E-state index in [4.69, 9.17) is 5.26 Å². The van der Waals surface area contributed by atoms with Gasteiger partial charge in [-0.2, -0.15) is 5.26 Å². The minimum absolute atomic E-state index is 0.124. The van der Waals surface area contributed by atoms with E-state index in [1.54, 1.807) is 0 Å². The molecule has 1 rings (SSSR count). The quantitative estimate of drug-likeness (QED) is 0.620. The van der Waals surface area contributed by atoms with Crippen LogP contribution in [0.1, 0.15) is 51.3 Å². The average Bonchev–Trinajstić information content (AvgIpc) is 2.20. The molecule has 0 aliphatic carbocycles. The monoisotopic (exact) mass is 203 g/mol. The number of nitrogens with zero attached hydrogens (tertiary/aromatic N) is 1. The molecule has 0 bridgehead atoms. The number of benzene rings is 1. The zero-order valence-corrected chi connectivity index (χ0v) is 10.7. The molecule has 0 N–H and O–H groups in total. The van der Waals surface area contributed by atoms with Gasteiger partial charge in [0.05, 0.1) is 11.6 Å². The highest BCUT2D eigenvalue weighted by Gasteiger charge is 2.14. The van der Waals surface area contributed by atoms with Crippen molar-refractivity contribution in [1.82, 2.24) is 0 Å². The maximum absolute atomic E-state index is 8.86. The Bertz CT molecular complexity index is 351. The highest BCUT2D eigenvalue weighted by atomic mass is 14.3. The first-order valence-corrected chi connectivity index (χ1v) is 5.46. The second-order valence-corrected chi connectivity index (χ2v) is 4.39. The Morgan fingerprint density at radius 3 is 2.07 bits per heavy atom. The van der Waals surface area contributed by atoms with Crippen LogP contribution in [0.15, 0.2) is 18.2 Å². The summed E-state index contributed by atoms with van der Waals surface area (Å²) in [6.07, 6.45) is 0. The minimum Gasteiger partial charge on any atom is -0.192 e. The van der Waals surface area contributed by atoms with Crippen molar-refractivity contribution in [2.45, 2.75) is 47.0 Å². The van der Waals surface area contributed by atoms with Gasteiger partial charge in [-0.3, -0.25) is 0 Å². The molecule has 1 aromatic carbocycles. The standard InChI is InChI=1S/C12H15N.C2H6/c1-9-5-6-11(12(2,3)4)7-10(9)8-13;1-2/h5-7H,1-4H3;1-2H3. The average molecular weight is 203 g/mol. The molecule has 0 saturated carbocycles. The number of nitriles is 1. The van der Waals surface area contributed by atoms with Gasteiger partial charge in [0.2, 0.25) is 0 Å². The molecule has 1 heteroatoms. The fraction of sp³-hybridized carbons (Fsp3) is 0.500. The van der Waals surface area contributed by atoms with Gasteiger partial charge >= 0.3 is 0 Å². The normalized spacial score (nSPS) is 9.93. The summed E-state index contributed by atoms with van der Waals surface area (Å²) in [7, 11) is 0. The predicted molar refractivity (Wildman–Crippen MR) is 65.9 cm³/mol. The molecule has 0 amide bonds. The van der Waals surface area contributed by atoms with Crippen LogP contribution in [0.4, 0.5) is 0 Å². The van der Waals surface area contributed by atoms with Gasteiger partial charge in [0.25, 0.3) is 0 Å². The van der Waals surface area contributed by atoms with E-state index in [1.165, 1.54) is 5.56 Å². The lowest BCUT2D eigenvalue weighted by Crippen LogP contribution is -2.11. The Morgan fingerprint density at radius 1 is 1.13 bits per heavy atom. The maximum Gasteiger partial charge on any atom is 0.0994 e. The van der Waals surface area contributed by atoms with Crippen LogP contribution in [0.3, 0.4) is 0 Å². The molecule has 0 aliphatic rings. The number of aryl methyl sites for hydroxylation is 1. The maximum atomic E-state index is 8.86. The number of hydrogen-bond donors (Lipinski definition) is 0. The smallest absolute Gasteiger partial charge is 0.0994 e. The molecular weight excluding hydrogens is 182 g/mol. The van der Waals surface area contributed by atoms with E-state index in [-0.39, 0.29) is 5.41 Å². The third-order valence-electron chi connectivity index (χ3n) is 2.22. The summed E-state index contributed by atoms with van der Waals surface area (Å²) in [5.74, 6) is 0. The van der Waals surface area contributed by atoms with Crippen molar-refractivity contribution in [2.75, 3.05) is 0 Å². The molecule has 0 aliphatic heterocycles. The van der Waals surface area contributed by atoms with E-state index in [0.29, 0.717) is 0 Å². The molecule has 0 fully saturated rings. The summed E-state index contributed by atoms with van der Waals surface area (Å²) in [5.41, 5.74) is 3.18. The van der Waals surface area contributed by atoms with E-state index in [2.05, 4.69) is 32.9 Å². The number of rotatable bonds is 0. The summed E-state index contributed by atoms with van der Waals surface area (Å²) in [5, 5.41) is 8.86. The highest BCUT2D eigenvalue weighted by molar-refractivity contribution is 5.41. The lowest BCUT2D eigenvalue weighted by molar-refractivity contribution is 0.590. The third-order valence-corrected chi connectivity index (χ3v) is 2.22. The van der Waals surface area contributed by atoms with Crippen molar-refractivity contribution in [3.63, 3.8) is 0 Å². The molecular formula is C14H21N. The first-order valence-electron chi connectivity index (χ1n) is 5.46. The van der Waals surface area contributed by atoms with Crippen LogP contribution >= 0.6 is 0 Å². The predicted octanol–water partition coefficient (Wildman–Crippen LogP) is 4.19. The van der Waals surface area contributed by atoms with Crippen LogP contribution in [-0.2, 0) is 5.41 Å². The van der Waals surface area contributed by atoms with Gasteiger partial charge < -0.3 is 0 Å². The molecule has 0 unspecified atom stereocenters. The van der Waals surface area contributed by atoms with E-state index in [0.717, 1.165) is 11.1 Å². The largest absolute Gasteiger partial charge is 0.192 e. The molecule has 1 nitrogen and oxygen atoms in total. The molecule has 82 valence electrons. The first kappa shape index (κ1) is 13.7. The van der Waals surface area contributed by atoms with Crippen molar-refractivity contribution in [3.8, 4) is 6.07 Å².